The molecule has 0 bridgehead atoms. The van der Waals surface area contributed by atoms with Crippen molar-refractivity contribution < 1.29 is 36.6 Å². The van der Waals surface area contributed by atoms with E-state index in [2.05, 4.69) is 29.4 Å². The number of nitrogens with one attached hydrogen (secondary N) is 1. The van der Waals surface area contributed by atoms with E-state index in [4.69, 9.17) is 35.4 Å². The van der Waals surface area contributed by atoms with Crippen molar-refractivity contribution >= 4 is 68.3 Å². The van der Waals surface area contributed by atoms with Gasteiger partial charge in [-0.1, -0.05) is 25.4 Å². The van der Waals surface area contributed by atoms with E-state index in [9.17, 15) is 18.0 Å². The number of rotatable bonds is 14. The Morgan fingerprint density at radius 2 is 1.82 bits per heavy atom. The molecule has 4 aromatic rings. The van der Waals surface area contributed by atoms with Crippen molar-refractivity contribution in [2.75, 3.05) is 25.6 Å². The van der Waals surface area contributed by atoms with Crippen molar-refractivity contribution in [1.29, 1.82) is 0 Å². The highest BCUT2D eigenvalue weighted by Gasteiger charge is 2.34. The maximum absolute atomic E-state index is 13.7. The summed E-state index contributed by atoms with van der Waals surface area (Å²) in [5.41, 5.74) is 1.50. The number of hydrogen-bond acceptors (Lipinski definition) is 11. The molecular weight excluding hydrogens is 718 g/mol. The summed E-state index contributed by atoms with van der Waals surface area (Å²) in [5.74, 6) is 1.49. The number of thioether (sulfide) groups is 1. The van der Waals surface area contributed by atoms with Gasteiger partial charge in [0, 0.05) is 16.3 Å². The van der Waals surface area contributed by atoms with Gasteiger partial charge in [-0.2, -0.15) is 5.10 Å². The zero-order valence-corrected chi connectivity index (χ0v) is 30.1. The van der Waals surface area contributed by atoms with E-state index in [1.165, 1.54) is 35.4 Å². The Morgan fingerprint density at radius 3 is 2.51 bits per heavy atom. The molecule has 2 heterocycles. The predicted molar refractivity (Wildman–Crippen MR) is 197 cm³/mol. The number of halogens is 1. The largest absolute Gasteiger partial charge is 0.493 e. The third-order valence-corrected chi connectivity index (χ3v) is 9.14. The molecule has 1 aromatic heterocycles. The summed E-state index contributed by atoms with van der Waals surface area (Å²) < 4.78 is 45.6. The van der Waals surface area contributed by atoms with Crippen LogP contribution >= 0.6 is 23.4 Å². The molecule has 266 valence electrons. The molecule has 3 N–H and O–H groups in total. The number of nitrogens with zero attached hydrogens (tertiary/aromatic N) is 3. The minimum Gasteiger partial charge on any atom is -0.493 e. The Hall–Kier alpha value is -5.09. The zero-order valence-electron chi connectivity index (χ0n) is 27.7. The van der Waals surface area contributed by atoms with E-state index in [1.807, 2.05) is 6.07 Å². The first-order valence-corrected chi connectivity index (χ1v) is 18.1. The first kappa shape index (κ1) is 37.2. The fraction of sp³-hybridized carbons (Fsp3) is 0.200. The number of nitrogens with two attached hydrogens (primary N) is 1. The molecule has 1 aliphatic heterocycles. The average Bonchev–Trinajstić information content (AvgIpc) is 3.71. The van der Waals surface area contributed by atoms with Crippen LogP contribution in [0, 0.1) is 5.92 Å². The Kier molecular flexibility index (Phi) is 12.2. The van der Waals surface area contributed by atoms with Crippen LogP contribution in [-0.2, 0) is 26.2 Å². The van der Waals surface area contributed by atoms with E-state index in [0.717, 1.165) is 11.8 Å². The highest BCUT2D eigenvalue weighted by atomic mass is 35.5. The molecule has 0 radical (unpaired) electrons. The molecule has 0 spiro atoms. The second-order valence-corrected chi connectivity index (χ2v) is 14.4. The minimum absolute atomic E-state index is 0.0870. The van der Waals surface area contributed by atoms with Gasteiger partial charge >= 0.3 is 0 Å². The number of amides is 2. The van der Waals surface area contributed by atoms with Gasteiger partial charge in [0.05, 0.1) is 42.5 Å². The van der Waals surface area contributed by atoms with E-state index in [0.29, 0.717) is 61.7 Å². The van der Waals surface area contributed by atoms with Crippen molar-refractivity contribution in [3.63, 3.8) is 0 Å². The number of carbonyl (C=O) groups is 2. The lowest BCUT2D eigenvalue weighted by Crippen LogP contribution is -2.28. The number of benzene rings is 3. The van der Waals surface area contributed by atoms with Crippen molar-refractivity contribution in [1.82, 2.24) is 4.90 Å². The predicted octanol–water partition coefficient (Wildman–Crippen LogP) is 6.15. The number of furan rings is 1. The zero-order chi connectivity index (χ0) is 36.5. The quantitative estimate of drug-likeness (QED) is 0.0870. The van der Waals surface area contributed by atoms with Crippen molar-refractivity contribution in [3.05, 3.63) is 106 Å². The number of ether oxygens (including phenoxy) is 3. The van der Waals surface area contributed by atoms with Crippen LogP contribution in [0.4, 0.5) is 5.69 Å². The number of sulfonamides is 1. The van der Waals surface area contributed by atoms with Gasteiger partial charge in [0.1, 0.15) is 11.5 Å². The summed E-state index contributed by atoms with van der Waals surface area (Å²) >= 11 is 7.40. The van der Waals surface area contributed by atoms with Crippen molar-refractivity contribution in [2.24, 2.45) is 21.3 Å². The highest BCUT2D eigenvalue weighted by Crippen LogP contribution is 2.36. The second-order valence-electron chi connectivity index (χ2n) is 11.4. The third kappa shape index (κ3) is 10.2. The molecular formula is C35H34ClN5O8S2. The summed E-state index contributed by atoms with van der Waals surface area (Å²) in [5, 5.41) is 17.1. The lowest BCUT2D eigenvalue weighted by molar-refractivity contribution is -0.122. The first-order valence-electron chi connectivity index (χ1n) is 15.4. The van der Waals surface area contributed by atoms with Gasteiger partial charge < -0.3 is 23.9 Å². The molecule has 1 saturated heterocycles. The molecule has 1 aliphatic rings. The summed E-state index contributed by atoms with van der Waals surface area (Å²) in [7, 11) is -2.31. The lowest BCUT2D eigenvalue weighted by atomic mass is 10.2. The van der Waals surface area contributed by atoms with E-state index in [1.54, 1.807) is 61.9 Å². The van der Waals surface area contributed by atoms with Crippen LogP contribution in [0.1, 0.15) is 30.7 Å². The van der Waals surface area contributed by atoms with Gasteiger partial charge in [0.25, 0.3) is 11.8 Å². The molecule has 0 aliphatic carbocycles. The molecule has 16 heteroatoms. The number of anilines is 1. The fourth-order valence-corrected chi connectivity index (χ4v) is 6.16. The molecule has 2 amide bonds. The molecule has 0 saturated carbocycles. The summed E-state index contributed by atoms with van der Waals surface area (Å²) in [6.07, 6.45) is 4.66. The van der Waals surface area contributed by atoms with Crippen LogP contribution in [0.25, 0.3) is 6.08 Å². The van der Waals surface area contributed by atoms with Crippen LogP contribution in [0.5, 0.6) is 17.2 Å². The fourth-order valence-electron chi connectivity index (χ4n) is 4.54. The Bertz CT molecular complexity index is 2080. The van der Waals surface area contributed by atoms with Crippen LogP contribution < -0.4 is 24.7 Å². The number of primary sulfonamides is 1. The summed E-state index contributed by atoms with van der Waals surface area (Å²) in [6, 6.07) is 19.0. The van der Waals surface area contributed by atoms with Crippen LogP contribution in [0.2, 0.25) is 5.02 Å². The second kappa shape index (κ2) is 16.7. The maximum Gasteiger partial charge on any atom is 0.267 e. The first-order chi connectivity index (χ1) is 24.4. The molecule has 5 rings (SSSR count). The molecule has 1 fully saturated rings. The Balaban J connectivity index is 1.34. The monoisotopic (exact) mass is 751 g/mol. The molecule has 13 nitrogen and oxygen atoms in total. The van der Waals surface area contributed by atoms with Crippen LogP contribution in [0.15, 0.2) is 103 Å². The average molecular weight is 752 g/mol. The van der Waals surface area contributed by atoms with Gasteiger partial charge in [-0.05, 0) is 102 Å². The Morgan fingerprint density at radius 1 is 1.06 bits per heavy atom. The Labute approximate surface area is 304 Å². The molecule has 51 heavy (non-hydrogen) atoms. The number of amidine groups is 1. The minimum atomic E-state index is -3.87. The molecule has 0 atom stereocenters. The van der Waals surface area contributed by atoms with E-state index >= 15 is 0 Å². The van der Waals surface area contributed by atoms with Crippen LogP contribution in [-0.4, -0.2) is 56.8 Å². The topological polar surface area (TPSA) is 175 Å². The normalized spacial score (nSPS) is 14.9. The van der Waals surface area contributed by atoms with Crippen molar-refractivity contribution in [2.45, 2.75) is 25.3 Å². The summed E-state index contributed by atoms with van der Waals surface area (Å²) in [4.78, 5) is 28.0. The van der Waals surface area contributed by atoms with Gasteiger partial charge in [-0.3, -0.25) is 14.5 Å². The molecule has 3 aromatic carbocycles. The SMILES string of the molecule is COc1cc(/C=N/N=C2\S/C(=C\c3cc(Cl)ccc3OCC(=O)Nc3ccc(S(N)(=O)=O)cc3)C(=O)N2Cc2ccco2)ccc1OCC(C)C. The maximum atomic E-state index is 13.7. The van der Waals surface area contributed by atoms with Crippen LogP contribution in [0.3, 0.4) is 0 Å². The van der Waals surface area contributed by atoms with E-state index in [-0.39, 0.29) is 23.1 Å². The summed E-state index contributed by atoms with van der Waals surface area (Å²) in [6.45, 7) is 4.38. The van der Waals surface area contributed by atoms with Gasteiger partial charge in [0.2, 0.25) is 10.0 Å². The lowest BCUT2D eigenvalue weighted by Gasteiger charge is -2.13. The molecule has 0 unspecified atom stereocenters. The van der Waals surface area contributed by atoms with E-state index < -0.39 is 22.5 Å². The smallest absolute Gasteiger partial charge is 0.267 e. The van der Waals surface area contributed by atoms with Gasteiger partial charge in [0.15, 0.2) is 23.3 Å². The van der Waals surface area contributed by atoms with Gasteiger partial charge in [-0.25, -0.2) is 13.6 Å². The highest BCUT2D eigenvalue weighted by molar-refractivity contribution is 8.18. The van der Waals surface area contributed by atoms with Gasteiger partial charge in [-0.15, -0.1) is 5.10 Å². The van der Waals surface area contributed by atoms with Crippen molar-refractivity contribution in [3.8, 4) is 17.2 Å². The number of methoxy groups -OCH3 is 1. The third-order valence-electron chi connectivity index (χ3n) is 6.98. The number of carbonyl (C=O) groups excluding carboxylic acids is 2. The standard InChI is InChI=1S/C35H34ClN5O8S2/c1-22(2)20-48-30-12-6-23(15-31(30)46-3)18-38-40-35-41(19-27-5-4-14-47-27)34(43)32(50-35)17-24-16-25(36)7-13-29(24)49-21-33(42)39-26-8-10-28(11-9-26)51(37,44)45/h4-18,22H,19-21H2,1-3H3,(H,39,42)(H2,37,44,45)/b32-17-,38-18+,40-35-. The number of hydrogen-bond donors (Lipinski definition) is 2.